The summed E-state index contributed by atoms with van der Waals surface area (Å²) in [5.41, 5.74) is 0.751. The molecule has 1 saturated heterocycles. The van der Waals surface area contributed by atoms with E-state index in [9.17, 15) is 4.39 Å². The van der Waals surface area contributed by atoms with E-state index in [0.717, 1.165) is 0 Å². The molecule has 1 aliphatic heterocycles. The predicted molar refractivity (Wildman–Crippen MR) is 91.5 cm³/mol. The fraction of sp³-hybridized carbons (Fsp3) is 0.389. The van der Waals surface area contributed by atoms with Crippen LogP contribution in [-0.2, 0) is 9.47 Å². The molecule has 23 heavy (non-hydrogen) atoms. The lowest BCUT2D eigenvalue weighted by Crippen LogP contribution is -2.33. The Bertz CT molecular complexity index is 614. The summed E-state index contributed by atoms with van der Waals surface area (Å²) in [5, 5.41) is 9.64. The third kappa shape index (κ3) is 5.83. The topological polar surface area (TPSA) is 42.2 Å². The lowest BCUT2D eigenvalue weighted by molar-refractivity contribution is -0.146. The van der Waals surface area contributed by atoms with E-state index in [-0.39, 0.29) is 6.29 Å². The smallest absolute Gasteiger partial charge is 0.177 e. The molecule has 1 aromatic carbocycles. The maximum Gasteiger partial charge on any atom is 0.177 e. The van der Waals surface area contributed by atoms with Gasteiger partial charge in [0.1, 0.15) is 5.82 Å². The summed E-state index contributed by atoms with van der Waals surface area (Å²) < 4.78 is 24.9. The molecule has 0 bridgehead atoms. The van der Waals surface area contributed by atoms with Crippen LogP contribution in [0.3, 0.4) is 0 Å². The third-order valence-corrected chi connectivity index (χ3v) is 4.34. The highest BCUT2D eigenvalue weighted by molar-refractivity contribution is 8.00. The Balaban J connectivity index is 1.82. The number of halogens is 1. The molecule has 1 aromatic rings. The van der Waals surface area contributed by atoms with E-state index >= 15 is 0 Å². The number of allylic oxidation sites excluding steroid dienone is 2. The Labute approximate surface area is 140 Å². The zero-order chi connectivity index (χ0) is 16.7. The number of nitriles is 1. The number of hydrogen-bond acceptors (Lipinski definition) is 4. The van der Waals surface area contributed by atoms with E-state index in [4.69, 9.17) is 14.7 Å². The minimum Gasteiger partial charge on any atom is -0.348 e. The maximum absolute atomic E-state index is 13.7. The molecule has 0 spiro atoms. The molecule has 3 nitrogen and oxygen atoms in total. The maximum atomic E-state index is 13.7. The minimum absolute atomic E-state index is 0.313. The molecular weight excluding hydrogens is 313 g/mol. The monoisotopic (exact) mass is 333 g/mol. The number of ether oxygens (including phenoxy) is 2. The molecule has 1 fully saturated rings. The zero-order valence-corrected chi connectivity index (χ0v) is 14.1. The Hall–Kier alpha value is -1.61. The van der Waals surface area contributed by atoms with Crippen molar-refractivity contribution in [1.29, 1.82) is 5.26 Å². The third-order valence-electron chi connectivity index (χ3n) is 3.14. The van der Waals surface area contributed by atoms with E-state index < -0.39 is 5.82 Å². The molecule has 0 aliphatic carbocycles. The van der Waals surface area contributed by atoms with Gasteiger partial charge in [0.05, 0.1) is 30.1 Å². The first-order valence-corrected chi connectivity index (χ1v) is 8.46. The van der Waals surface area contributed by atoms with Gasteiger partial charge in [0.25, 0.3) is 0 Å². The second-order valence-electron chi connectivity index (χ2n) is 5.43. The second-order valence-corrected chi connectivity index (χ2v) is 7.32. The van der Waals surface area contributed by atoms with Gasteiger partial charge in [-0.1, -0.05) is 38.1 Å². The van der Waals surface area contributed by atoms with Gasteiger partial charge in [-0.05, 0) is 23.5 Å². The summed E-state index contributed by atoms with van der Waals surface area (Å²) >= 11 is 1.85. The Morgan fingerprint density at radius 1 is 1.30 bits per heavy atom. The zero-order valence-electron chi connectivity index (χ0n) is 13.2. The molecule has 0 atom stereocenters. The summed E-state index contributed by atoms with van der Waals surface area (Å²) in [6, 6.07) is 6.31. The number of nitrogens with zero attached hydrogens (tertiary/aromatic N) is 1. The van der Waals surface area contributed by atoms with Crippen molar-refractivity contribution in [3.8, 4) is 6.07 Å². The minimum atomic E-state index is -0.410. The quantitative estimate of drug-likeness (QED) is 0.759. The average Bonchev–Trinajstić information content (AvgIpc) is 2.53. The lowest BCUT2D eigenvalue weighted by atomic mass is 10.1. The van der Waals surface area contributed by atoms with Crippen LogP contribution in [0.15, 0.2) is 36.4 Å². The molecule has 0 saturated carbocycles. The number of benzene rings is 1. The number of thioether (sulfide) groups is 1. The van der Waals surface area contributed by atoms with Crippen LogP contribution in [0, 0.1) is 17.1 Å². The van der Waals surface area contributed by atoms with Crippen LogP contribution in [-0.4, -0.2) is 30.0 Å². The van der Waals surface area contributed by atoms with Crippen LogP contribution in [0.2, 0.25) is 0 Å². The van der Waals surface area contributed by atoms with Crippen LogP contribution in [0.1, 0.15) is 25.0 Å². The summed E-state index contributed by atoms with van der Waals surface area (Å²) in [5.74, 6) is -0.410. The summed E-state index contributed by atoms with van der Waals surface area (Å²) in [6.07, 6.45) is 6.60. The van der Waals surface area contributed by atoms with Crippen molar-refractivity contribution in [2.75, 3.05) is 13.2 Å². The molecule has 0 N–H and O–H groups in total. The highest BCUT2D eigenvalue weighted by Gasteiger charge is 2.21. The van der Waals surface area contributed by atoms with Crippen LogP contribution < -0.4 is 0 Å². The normalized spacial score (nSPS) is 22.0. The Morgan fingerprint density at radius 2 is 2.04 bits per heavy atom. The number of hydrogen-bond donors (Lipinski definition) is 0. The summed E-state index contributed by atoms with van der Waals surface area (Å²) in [4.78, 5) is 0. The lowest BCUT2D eigenvalue weighted by Gasteiger charge is -2.28. The van der Waals surface area contributed by atoms with Gasteiger partial charge in [-0.3, -0.25) is 0 Å². The molecule has 122 valence electrons. The molecule has 0 aromatic heterocycles. The van der Waals surface area contributed by atoms with Gasteiger partial charge in [0.2, 0.25) is 0 Å². The van der Waals surface area contributed by atoms with Gasteiger partial charge in [0.15, 0.2) is 6.29 Å². The van der Waals surface area contributed by atoms with Crippen molar-refractivity contribution in [2.45, 2.75) is 30.6 Å². The van der Waals surface area contributed by atoms with Gasteiger partial charge in [0, 0.05) is 5.56 Å². The fourth-order valence-corrected chi connectivity index (χ4v) is 3.21. The molecule has 0 unspecified atom stereocenters. The second kappa shape index (κ2) is 8.88. The first-order chi connectivity index (χ1) is 11.1. The molecule has 5 heteroatoms. The highest BCUT2D eigenvalue weighted by atomic mass is 32.2. The molecule has 1 heterocycles. The standard InChI is InChI=1S/C18H20FNO2S/c1-13(2)23-16-11-21-18(22-12-16)6-4-3-5-15-8-7-14(10-20)9-17(15)19/h3-9,13,16,18H,11-12H2,1-2H3/b5-3+,6-4+. The van der Waals surface area contributed by atoms with Gasteiger partial charge in [-0.25, -0.2) is 4.39 Å². The average molecular weight is 333 g/mol. The van der Waals surface area contributed by atoms with Crippen LogP contribution >= 0.6 is 11.8 Å². The van der Waals surface area contributed by atoms with E-state index in [2.05, 4.69) is 13.8 Å². The largest absolute Gasteiger partial charge is 0.348 e. The van der Waals surface area contributed by atoms with Crippen molar-refractivity contribution in [3.05, 3.63) is 53.4 Å². The summed E-state index contributed by atoms with van der Waals surface area (Å²) in [7, 11) is 0. The highest BCUT2D eigenvalue weighted by Crippen LogP contribution is 2.22. The van der Waals surface area contributed by atoms with E-state index in [1.165, 1.54) is 6.07 Å². The Morgan fingerprint density at radius 3 is 2.65 bits per heavy atom. The van der Waals surface area contributed by atoms with E-state index in [1.54, 1.807) is 36.4 Å². The molecule has 0 radical (unpaired) electrons. The first kappa shape index (κ1) is 17.7. The molecule has 2 rings (SSSR count). The van der Waals surface area contributed by atoms with Gasteiger partial charge >= 0.3 is 0 Å². The SMILES string of the molecule is CC(C)SC1COC(/C=C/C=C/c2ccc(C#N)cc2F)OC1. The van der Waals surface area contributed by atoms with Crippen LogP contribution in [0.4, 0.5) is 4.39 Å². The van der Waals surface area contributed by atoms with Crippen molar-refractivity contribution >= 4 is 17.8 Å². The van der Waals surface area contributed by atoms with Crippen molar-refractivity contribution in [2.24, 2.45) is 0 Å². The van der Waals surface area contributed by atoms with Gasteiger partial charge in [-0.15, -0.1) is 0 Å². The van der Waals surface area contributed by atoms with E-state index in [1.807, 2.05) is 17.8 Å². The molecular formula is C18H20FNO2S. The van der Waals surface area contributed by atoms with E-state index in [0.29, 0.717) is 34.8 Å². The molecule has 0 amide bonds. The summed E-state index contributed by atoms with van der Waals surface area (Å²) in [6.45, 7) is 5.66. The molecule has 1 aliphatic rings. The van der Waals surface area contributed by atoms with Crippen molar-refractivity contribution in [3.63, 3.8) is 0 Å². The number of rotatable bonds is 5. The Kier molecular flexibility index (Phi) is 6.85. The fourth-order valence-electron chi connectivity index (χ4n) is 2.12. The van der Waals surface area contributed by atoms with Gasteiger partial charge < -0.3 is 9.47 Å². The van der Waals surface area contributed by atoms with Crippen LogP contribution in [0.25, 0.3) is 6.08 Å². The van der Waals surface area contributed by atoms with Gasteiger partial charge in [-0.2, -0.15) is 17.0 Å². The first-order valence-electron chi connectivity index (χ1n) is 7.51. The predicted octanol–water partition coefficient (Wildman–Crippen LogP) is 4.15. The van der Waals surface area contributed by atoms with Crippen molar-refractivity contribution < 1.29 is 13.9 Å². The van der Waals surface area contributed by atoms with Crippen molar-refractivity contribution in [1.82, 2.24) is 0 Å². The van der Waals surface area contributed by atoms with Crippen LogP contribution in [0.5, 0.6) is 0 Å².